The zero-order valence-electron chi connectivity index (χ0n) is 8.37. The summed E-state index contributed by atoms with van der Waals surface area (Å²) in [6.45, 7) is 0.672. The van der Waals surface area contributed by atoms with Crippen molar-refractivity contribution in [1.29, 1.82) is 0 Å². The van der Waals surface area contributed by atoms with Crippen LogP contribution < -0.4 is 0 Å². The fraction of sp³-hybridized carbons (Fsp3) is 0.500. The number of alkyl halides is 2. The summed E-state index contributed by atoms with van der Waals surface area (Å²) in [5.41, 5.74) is 1.13. The van der Waals surface area contributed by atoms with Gasteiger partial charge in [0.05, 0.1) is 6.04 Å². The molecule has 80 valence electrons. The van der Waals surface area contributed by atoms with E-state index in [-0.39, 0.29) is 12.5 Å². The average molecular weight is 209 g/mol. The molecule has 0 N–H and O–H groups in total. The first-order valence-corrected chi connectivity index (χ1v) is 5.36. The van der Waals surface area contributed by atoms with E-state index < -0.39 is 12.0 Å². The highest BCUT2D eigenvalue weighted by Crippen LogP contribution is 2.52. The number of hydrogen-bond acceptors (Lipinski definition) is 1. The molecule has 3 atom stereocenters. The van der Waals surface area contributed by atoms with Crippen LogP contribution in [0.4, 0.5) is 8.78 Å². The van der Waals surface area contributed by atoms with Gasteiger partial charge in [0, 0.05) is 19.0 Å². The van der Waals surface area contributed by atoms with E-state index in [4.69, 9.17) is 0 Å². The summed E-state index contributed by atoms with van der Waals surface area (Å²) < 4.78 is 26.6. The Balaban J connectivity index is 1.69. The van der Waals surface area contributed by atoms with Crippen LogP contribution in [-0.4, -0.2) is 22.9 Å². The number of halogens is 2. The summed E-state index contributed by atoms with van der Waals surface area (Å²) >= 11 is 0. The molecule has 1 heterocycles. The molecule has 0 amide bonds. The molecule has 0 aromatic heterocycles. The Labute approximate surface area is 87.7 Å². The van der Waals surface area contributed by atoms with Crippen molar-refractivity contribution in [1.82, 2.24) is 4.90 Å². The van der Waals surface area contributed by atoms with Crippen LogP contribution in [0.3, 0.4) is 0 Å². The van der Waals surface area contributed by atoms with E-state index in [2.05, 4.69) is 0 Å². The number of piperidine rings is 1. The molecule has 1 aromatic rings. The molecule has 0 spiro atoms. The minimum Gasteiger partial charge on any atom is -0.284 e. The lowest BCUT2D eigenvalue weighted by molar-refractivity contribution is -0.0138. The number of fused-ring (bicyclic) bond motifs is 1. The highest BCUT2D eigenvalue weighted by atomic mass is 19.3. The van der Waals surface area contributed by atoms with Gasteiger partial charge in [-0.05, 0) is 12.0 Å². The van der Waals surface area contributed by atoms with E-state index in [0.29, 0.717) is 13.0 Å². The van der Waals surface area contributed by atoms with E-state index >= 15 is 0 Å². The molecule has 0 radical (unpaired) electrons. The summed E-state index contributed by atoms with van der Waals surface area (Å²) in [5.74, 6) is -2.44. The predicted molar refractivity (Wildman–Crippen MR) is 53.7 cm³/mol. The van der Waals surface area contributed by atoms with Crippen molar-refractivity contribution in [3.63, 3.8) is 0 Å². The Bertz CT molecular complexity index is 363. The van der Waals surface area contributed by atoms with Gasteiger partial charge in [0.2, 0.25) is 0 Å². The third-order valence-corrected chi connectivity index (χ3v) is 3.47. The van der Waals surface area contributed by atoms with Crippen LogP contribution in [0.5, 0.6) is 0 Å². The van der Waals surface area contributed by atoms with Gasteiger partial charge in [-0.15, -0.1) is 0 Å². The maximum absolute atomic E-state index is 13.3. The van der Waals surface area contributed by atoms with Crippen LogP contribution in [0.15, 0.2) is 30.3 Å². The first-order chi connectivity index (χ1) is 7.18. The second kappa shape index (κ2) is 3.01. The molecule has 1 nitrogen and oxygen atoms in total. The molecule has 0 bridgehead atoms. The van der Waals surface area contributed by atoms with Crippen LogP contribution in [0, 0.1) is 0 Å². The van der Waals surface area contributed by atoms with Crippen LogP contribution in [0.2, 0.25) is 0 Å². The Morgan fingerprint density at radius 1 is 1.27 bits per heavy atom. The number of likely N-dealkylation sites (tertiary alicyclic amines) is 1. The van der Waals surface area contributed by atoms with Gasteiger partial charge in [0.15, 0.2) is 0 Å². The Morgan fingerprint density at radius 3 is 2.60 bits per heavy atom. The van der Waals surface area contributed by atoms with Gasteiger partial charge in [-0.2, -0.15) is 0 Å². The molecule has 3 unspecified atom stereocenters. The van der Waals surface area contributed by atoms with Crippen molar-refractivity contribution in [2.24, 2.45) is 0 Å². The monoisotopic (exact) mass is 209 g/mol. The minimum absolute atomic E-state index is 0.0770. The van der Waals surface area contributed by atoms with Crippen molar-refractivity contribution in [2.75, 3.05) is 0 Å². The van der Waals surface area contributed by atoms with E-state index in [1.165, 1.54) is 0 Å². The maximum atomic E-state index is 13.3. The zero-order chi connectivity index (χ0) is 10.5. The average Bonchev–Trinajstić information content (AvgIpc) is 2.81. The third-order valence-electron chi connectivity index (χ3n) is 3.47. The first kappa shape index (κ1) is 9.28. The Kier molecular flexibility index (Phi) is 1.87. The molecule has 1 aromatic carbocycles. The summed E-state index contributed by atoms with van der Waals surface area (Å²) in [7, 11) is 0. The normalized spacial score (nSPS) is 36.3. The van der Waals surface area contributed by atoms with Crippen molar-refractivity contribution in [3.8, 4) is 0 Å². The highest BCUT2D eigenvalue weighted by Gasteiger charge is 2.65. The Morgan fingerprint density at radius 2 is 2.00 bits per heavy atom. The number of rotatable bonds is 2. The summed E-state index contributed by atoms with van der Waals surface area (Å²) in [4.78, 5) is 1.92. The number of hydrogen-bond donors (Lipinski definition) is 0. The second-order valence-corrected chi connectivity index (χ2v) is 4.47. The lowest BCUT2D eigenvalue weighted by atomic mass is 10.2. The zero-order valence-corrected chi connectivity index (χ0v) is 8.37. The summed E-state index contributed by atoms with van der Waals surface area (Å²) in [6, 6.07) is 9.50. The third kappa shape index (κ3) is 1.46. The molecule has 3 rings (SSSR count). The molecule has 1 saturated heterocycles. The van der Waals surface area contributed by atoms with Crippen LogP contribution in [0.1, 0.15) is 18.4 Å². The molecular formula is C12H13F2N. The maximum Gasteiger partial charge on any atom is 0.264 e. The van der Waals surface area contributed by atoms with Gasteiger partial charge >= 0.3 is 0 Å². The van der Waals surface area contributed by atoms with Crippen LogP contribution in [-0.2, 0) is 6.54 Å². The van der Waals surface area contributed by atoms with Gasteiger partial charge in [-0.25, -0.2) is 8.78 Å². The van der Waals surface area contributed by atoms with Gasteiger partial charge in [0.25, 0.3) is 5.92 Å². The quantitative estimate of drug-likeness (QED) is 0.677. The topological polar surface area (TPSA) is 3.01 Å². The van der Waals surface area contributed by atoms with Crippen molar-refractivity contribution >= 4 is 0 Å². The van der Waals surface area contributed by atoms with E-state index in [9.17, 15) is 8.78 Å². The van der Waals surface area contributed by atoms with E-state index in [1.807, 2.05) is 35.2 Å². The largest absolute Gasteiger partial charge is 0.284 e. The lowest BCUT2D eigenvalue weighted by Crippen LogP contribution is -2.25. The first-order valence-electron chi connectivity index (χ1n) is 5.36. The lowest BCUT2D eigenvalue weighted by Gasteiger charge is -2.14. The highest BCUT2D eigenvalue weighted by molar-refractivity contribution is 5.21. The van der Waals surface area contributed by atoms with Crippen molar-refractivity contribution < 1.29 is 8.78 Å². The predicted octanol–water partition coefficient (Wildman–Crippen LogP) is 2.67. The summed E-state index contributed by atoms with van der Waals surface area (Å²) in [6.07, 6.45) is 0.734. The SMILES string of the molecule is FC1(F)CCC2C1N2Cc1ccccc1. The Hall–Kier alpha value is -0.960. The second-order valence-electron chi connectivity index (χ2n) is 4.47. The van der Waals surface area contributed by atoms with Gasteiger partial charge in [-0.1, -0.05) is 30.3 Å². The van der Waals surface area contributed by atoms with Crippen molar-refractivity contribution in [3.05, 3.63) is 35.9 Å². The van der Waals surface area contributed by atoms with E-state index in [0.717, 1.165) is 5.56 Å². The summed E-state index contributed by atoms with van der Waals surface area (Å²) in [5, 5.41) is 0. The van der Waals surface area contributed by atoms with Gasteiger partial charge < -0.3 is 0 Å². The molecule has 1 aliphatic carbocycles. The van der Waals surface area contributed by atoms with Crippen LogP contribution in [0.25, 0.3) is 0 Å². The molecular weight excluding hydrogens is 196 g/mol. The number of benzene rings is 1. The van der Waals surface area contributed by atoms with Gasteiger partial charge in [0.1, 0.15) is 0 Å². The smallest absolute Gasteiger partial charge is 0.264 e. The molecule has 15 heavy (non-hydrogen) atoms. The fourth-order valence-electron chi connectivity index (χ4n) is 2.68. The molecule has 1 aliphatic heterocycles. The molecule has 3 heteroatoms. The standard InChI is InChI=1S/C12H13F2N/c13-12(14)7-6-10-11(12)15(10)8-9-4-2-1-3-5-9/h1-5,10-11H,6-8H2. The minimum atomic E-state index is -2.44. The molecule has 2 fully saturated rings. The fourth-order valence-corrected chi connectivity index (χ4v) is 2.68. The van der Waals surface area contributed by atoms with Gasteiger partial charge in [-0.3, -0.25) is 4.90 Å². The van der Waals surface area contributed by atoms with E-state index in [1.54, 1.807) is 0 Å². The molecule has 1 saturated carbocycles. The van der Waals surface area contributed by atoms with Crippen molar-refractivity contribution in [2.45, 2.75) is 37.4 Å². The number of nitrogens with zero attached hydrogens (tertiary/aromatic N) is 1. The van der Waals surface area contributed by atoms with Crippen LogP contribution >= 0.6 is 0 Å². The molecule has 2 aliphatic rings.